The fourth-order valence-electron chi connectivity index (χ4n) is 5.24. The molecule has 2 fully saturated rings. The highest BCUT2D eigenvalue weighted by atomic mass is 19.1. The summed E-state index contributed by atoms with van der Waals surface area (Å²) in [5, 5.41) is 15.2. The number of benzene rings is 1. The first-order valence-corrected chi connectivity index (χ1v) is 13.0. The fraction of sp³-hybridized carbons (Fsp3) is 0.692. The lowest BCUT2D eigenvalue weighted by Gasteiger charge is -2.42. The van der Waals surface area contributed by atoms with E-state index >= 15 is 0 Å². The summed E-state index contributed by atoms with van der Waals surface area (Å²) in [6.45, 7) is 9.32. The number of halogens is 1. The molecule has 8 nitrogen and oxygen atoms in total. The van der Waals surface area contributed by atoms with Crippen LogP contribution in [0.2, 0.25) is 0 Å². The number of unbranched alkanes of at least 4 members (excludes halogenated alkanes) is 1. The maximum Gasteiger partial charge on any atom is 0.227 e. The lowest BCUT2D eigenvalue weighted by Crippen LogP contribution is -2.56. The highest BCUT2D eigenvalue weighted by Crippen LogP contribution is 2.30. The van der Waals surface area contributed by atoms with Gasteiger partial charge in [-0.2, -0.15) is 0 Å². The standard InChI is InChI=1S/C26H40FN5O3/c1-18(2)17-32(21-13-19(15-28-16-21)25(33)30-9-6-10-30)26(34)24-29-22-14-20(27)7-8-23(22)31(24)11-4-5-12-35-3/h7-8,14,18-19,21,26,28,34H,4-6,9-13,15-17H2,1-3H3/t19?,21-,26?/m0/s1. The van der Waals surface area contributed by atoms with Crippen molar-refractivity contribution in [2.45, 2.75) is 58.3 Å². The number of amides is 1. The van der Waals surface area contributed by atoms with Gasteiger partial charge in [-0.15, -0.1) is 0 Å². The number of aromatic nitrogens is 2. The van der Waals surface area contributed by atoms with Gasteiger partial charge >= 0.3 is 0 Å². The zero-order chi connectivity index (χ0) is 24.9. The quantitative estimate of drug-likeness (QED) is 0.373. The van der Waals surface area contributed by atoms with Crippen molar-refractivity contribution in [3.63, 3.8) is 0 Å². The van der Waals surface area contributed by atoms with Crippen LogP contribution in [-0.4, -0.2) is 82.8 Å². The SMILES string of the molecule is COCCCCn1c(C(O)N(CC(C)C)[C@@H]2CNCC(C(=O)N3CCC3)C2)nc2cc(F)ccc21. The normalized spacial score (nSPS) is 21.6. The molecule has 0 saturated carbocycles. The van der Waals surface area contributed by atoms with Gasteiger partial charge in [0.25, 0.3) is 0 Å². The van der Waals surface area contributed by atoms with E-state index < -0.39 is 6.23 Å². The van der Waals surface area contributed by atoms with Crippen LogP contribution in [0.25, 0.3) is 11.0 Å². The van der Waals surface area contributed by atoms with Crippen molar-refractivity contribution < 1.29 is 19.0 Å². The highest BCUT2D eigenvalue weighted by Gasteiger charge is 2.37. The molecule has 194 valence electrons. The van der Waals surface area contributed by atoms with E-state index in [1.807, 2.05) is 9.47 Å². The Kier molecular flexibility index (Phi) is 8.75. The third-order valence-electron chi connectivity index (χ3n) is 7.15. The minimum absolute atomic E-state index is 0.00475. The molecule has 3 atom stereocenters. The molecule has 1 aromatic heterocycles. The molecular weight excluding hydrogens is 449 g/mol. The number of likely N-dealkylation sites (tertiary alicyclic amines) is 1. The van der Waals surface area contributed by atoms with E-state index in [-0.39, 0.29) is 23.7 Å². The van der Waals surface area contributed by atoms with Crippen molar-refractivity contribution >= 4 is 16.9 Å². The molecule has 3 heterocycles. The van der Waals surface area contributed by atoms with Gasteiger partial charge in [0.1, 0.15) is 5.82 Å². The second-order valence-corrected chi connectivity index (χ2v) is 10.3. The minimum Gasteiger partial charge on any atom is -0.385 e. The number of aliphatic hydroxyl groups excluding tert-OH is 1. The Hall–Kier alpha value is -2.07. The third kappa shape index (κ3) is 6.02. The molecule has 35 heavy (non-hydrogen) atoms. The Morgan fingerprint density at radius 2 is 2.11 bits per heavy atom. The molecule has 2 unspecified atom stereocenters. The predicted molar refractivity (Wildman–Crippen MR) is 133 cm³/mol. The van der Waals surface area contributed by atoms with Gasteiger partial charge in [-0.1, -0.05) is 13.8 Å². The maximum atomic E-state index is 14.0. The van der Waals surface area contributed by atoms with Crippen LogP contribution < -0.4 is 5.32 Å². The van der Waals surface area contributed by atoms with E-state index in [4.69, 9.17) is 9.72 Å². The summed E-state index contributed by atoms with van der Waals surface area (Å²) in [4.78, 5) is 21.6. The smallest absolute Gasteiger partial charge is 0.227 e. The number of hydrogen-bond acceptors (Lipinski definition) is 6. The van der Waals surface area contributed by atoms with Crippen LogP contribution in [-0.2, 0) is 16.1 Å². The monoisotopic (exact) mass is 489 g/mol. The number of ether oxygens (including phenoxy) is 1. The van der Waals surface area contributed by atoms with Gasteiger partial charge in [-0.05, 0) is 43.7 Å². The Bertz CT molecular complexity index is 993. The Balaban J connectivity index is 1.60. The van der Waals surface area contributed by atoms with Crippen LogP contribution >= 0.6 is 0 Å². The number of carbonyl (C=O) groups is 1. The maximum absolute atomic E-state index is 14.0. The average Bonchev–Trinajstić information content (AvgIpc) is 3.16. The predicted octanol–water partition coefficient (Wildman–Crippen LogP) is 2.76. The molecule has 2 saturated heterocycles. The Labute approximate surface area is 207 Å². The number of nitrogens with one attached hydrogen (secondary N) is 1. The Morgan fingerprint density at radius 3 is 2.80 bits per heavy atom. The first kappa shape index (κ1) is 26.0. The summed E-state index contributed by atoms with van der Waals surface area (Å²) in [7, 11) is 1.69. The second kappa shape index (κ2) is 11.8. The van der Waals surface area contributed by atoms with Crippen LogP contribution in [0.1, 0.15) is 51.6 Å². The van der Waals surface area contributed by atoms with Gasteiger partial charge in [0.05, 0.1) is 17.0 Å². The molecule has 0 aliphatic carbocycles. The molecule has 1 amide bonds. The van der Waals surface area contributed by atoms with Crippen LogP contribution in [0, 0.1) is 17.7 Å². The van der Waals surface area contributed by atoms with Gasteiger partial charge in [0.2, 0.25) is 5.91 Å². The van der Waals surface area contributed by atoms with Gasteiger partial charge in [0, 0.05) is 65.1 Å². The van der Waals surface area contributed by atoms with Crippen molar-refractivity contribution in [1.29, 1.82) is 0 Å². The molecule has 4 rings (SSSR count). The first-order chi connectivity index (χ1) is 16.9. The van der Waals surface area contributed by atoms with E-state index in [2.05, 4.69) is 24.1 Å². The van der Waals surface area contributed by atoms with Crippen molar-refractivity contribution in [2.24, 2.45) is 11.8 Å². The van der Waals surface area contributed by atoms with E-state index in [9.17, 15) is 14.3 Å². The second-order valence-electron chi connectivity index (χ2n) is 10.3. The molecule has 2 N–H and O–H groups in total. The van der Waals surface area contributed by atoms with Crippen molar-refractivity contribution in [3.8, 4) is 0 Å². The number of imidazole rings is 1. The van der Waals surface area contributed by atoms with Crippen LogP contribution in [0.15, 0.2) is 18.2 Å². The number of fused-ring (bicyclic) bond motifs is 1. The van der Waals surface area contributed by atoms with E-state index in [1.165, 1.54) is 12.1 Å². The molecular formula is C26H40FN5O3. The minimum atomic E-state index is -0.958. The molecule has 0 spiro atoms. The van der Waals surface area contributed by atoms with E-state index in [0.29, 0.717) is 56.5 Å². The largest absolute Gasteiger partial charge is 0.385 e. The molecule has 2 aliphatic heterocycles. The number of piperidine rings is 1. The number of nitrogens with zero attached hydrogens (tertiary/aromatic N) is 4. The average molecular weight is 490 g/mol. The number of methoxy groups -OCH3 is 1. The number of carbonyl (C=O) groups excluding carboxylic acids is 1. The Morgan fingerprint density at radius 1 is 1.31 bits per heavy atom. The molecule has 0 bridgehead atoms. The summed E-state index contributed by atoms with van der Waals surface area (Å²) in [5.74, 6) is 0.629. The fourth-order valence-corrected chi connectivity index (χ4v) is 5.24. The van der Waals surface area contributed by atoms with Crippen molar-refractivity contribution in [1.82, 2.24) is 24.7 Å². The van der Waals surface area contributed by atoms with Gasteiger partial charge in [-0.3, -0.25) is 9.69 Å². The lowest BCUT2D eigenvalue weighted by molar-refractivity contribution is -0.141. The lowest BCUT2D eigenvalue weighted by atomic mass is 9.91. The van der Waals surface area contributed by atoms with E-state index in [1.54, 1.807) is 13.2 Å². The molecule has 2 aromatic rings. The first-order valence-electron chi connectivity index (χ1n) is 13.0. The number of hydrogen-bond donors (Lipinski definition) is 2. The number of aryl methyl sites for hydroxylation is 1. The number of aliphatic hydroxyl groups is 1. The highest BCUT2D eigenvalue weighted by molar-refractivity contribution is 5.80. The van der Waals surface area contributed by atoms with Crippen LogP contribution in [0.4, 0.5) is 4.39 Å². The molecule has 2 aliphatic rings. The zero-order valence-electron chi connectivity index (χ0n) is 21.3. The summed E-state index contributed by atoms with van der Waals surface area (Å²) in [6, 6.07) is 4.60. The van der Waals surface area contributed by atoms with Crippen molar-refractivity contribution in [3.05, 3.63) is 29.8 Å². The summed E-state index contributed by atoms with van der Waals surface area (Å²) in [6.07, 6.45) is 2.57. The van der Waals surface area contributed by atoms with Crippen LogP contribution in [0.3, 0.4) is 0 Å². The topological polar surface area (TPSA) is 82.9 Å². The van der Waals surface area contributed by atoms with Gasteiger partial charge < -0.3 is 24.6 Å². The molecule has 0 radical (unpaired) electrons. The van der Waals surface area contributed by atoms with Gasteiger partial charge in [0.15, 0.2) is 12.1 Å². The number of rotatable bonds is 11. The zero-order valence-corrected chi connectivity index (χ0v) is 21.3. The molecule has 9 heteroatoms. The van der Waals surface area contributed by atoms with Crippen LogP contribution in [0.5, 0.6) is 0 Å². The summed E-state index contributed by atoms with van der Waals surface area (Å²) >= 11 is 0. The van der Waals surface area contributed by atoms with Crippen molar-refractivity contribution in [2.75, 3.05) is 46.4 Å². The summed E-state index contributed by atoms with van der Waals surface area (Å²) < 4.78 is 21.2. The summed E-state index contributed by atoms with van der Waals surface area (Å²) in [5.41, 5.74) is 1.36. The van der Waals surface area contributed by atoms with Gasteiger partial charge in [-0.25, -0.2) is 9.37 Å². The third-order valence-corrected chi connectivity index (χ3v) is 7.15. The van der Waals surface area contributed by atoms with E-state index in [0.717, 1.165) is 37.9 Å². The molecule has 1 aromatic carbocycles.